The van der Waals surface area contributed by atoms with E-state index in [1.807, 2.05) is 0 Å². The van der Waals surface area contributed by atoms with Crippen molar-refractivity contribution < 1.29 is 39.0 Å². The Morgan fingerprint density at radius 1 is 0.674 bits per heavy atom. The highest BCUT2D eigenvalue weighted by atomic mass is 16.4. The molecule has 0 aromatic heterocycles. The molecule has 5 amide bonds. The molecule has 0 fully saturated rings. The average molecular weight is 616 g/mol. The molecule has 0 aromatic rings. The largest absolute Gasteiger partial charge is 0.480 e. The second kappa shape index (κ2) is 19.8. The fourth-order valence-corrected chi connectivity index (χ4v) is 3.92. The van der Waals surface area contributed by atoms with Crippen molar-refractivity contribution in [3.05, 3.63) is 0 Å². The lowest BCUT2D eigenvalue weighted by Crippen LogP contribution is -2.60. The molecule has 0 aliphatic rings. The number of carboxylic acid groups (broad SMARTS) is 1. The number of aliphatic hydroxyl groups is 1. The molecule has 248 valence electrons. The van der Waals surface area contributed by atoms with E-state index in [2.05, 4.69) is 26.6 Å². The fourth-order valence-electron chi connectivity index (χ4n) is 3.92. The molecule has 0 spiro atoms. The highest BCUT2D eigenvalue weighted by Crippen LogP contribution is 2.11. The number of rotatable bonds is 20. The first-order valence-electron chi connectivity index (χ1n) is 14.8. The van der Waals surface area contributed by atoms with Crippen LogP contribution in [-0.2, 0) is 28.8 Å². The van der Waals surface area contributed by atoms with Gasteiger partial charge in [0.1, 0.15) is 30.2 Å². The summed E-state index contributed by atoms with van der Waals surface area (Å²) in [6.45, 7) is 11.4. The molecule has 0 rings (SSSR count). The highest BCUT2D eigenvalue weighted by molar-refractivity contribution is 5.96. The number of carbonyl (C=O) groups excluding carboxylic acids is 5. The maximum absolute atomic E-state index is 13.4. The van der Waals surface area contributed by atoms with E-state index in [1.54, 1.807) is 41.5 Å². The standard InChI is InChI=1S/C28H53N7O8/c1-8-16(6)22(27(41)33-19(13-36)28(42)43)35-24(38)18(11-9-10-12-29)32-26(40)21(15(4)5)34-23(37)17(7)31-25(39)20(30)14(2)3/h14-22,36H,8-13,29-30H2,1-7H3,(H,31,39)(H,32,40)(H,33,41)(H,34,37)(H,35,38)(H,42,43)/t16-,17-,18-,19-,20-,21-,22-/m0/s1. The maximum Gasteiger partial charge on any atom is 0.328 e. The van der Waals surface area contributed by atoms with Crippen LogP contribution in [0.15, 0.2) is 0 Å². The Bertz CT molecular complexity index is 946. The lowest BCUT2D eigenvalue weighted by molar-refractivity contribution is -0.143. The molecule has 0 aromatic carbocycles. The molecule has 0 saturated carbocycles. The first-order valence-corrected chi connectivity index (χ1v) is 14.8. The van der Waals surface area contributed by atoms with E-state index in [0.29, 0.717) is 25.8 Å². The van der Waals surface area contributed by atoms with Crippen LogP contribution in [0.2, 0.25) is 0 Å². The second-order valence-electron chi connectivity index (χ2n) is 11.5. The highest BCUT2D eigenvalue weighted by Gasteiger charge is 2.34. The minimum Gasteiger partial charge on any atom is -0.480 e. The number of amides is 5. The normalized spacial score (nSPS) is 16.2. The van der Waals surface area contributed by atoms with Crippen molar-refractivity contribution in [2.45, 2.75) is 110 Å². The summed E-state index contributed by atoms with van der Waals surface area (Å²) in [4.78, 5) is 76.1. The van der Waals surface area contributed by atoms with Crippen LogP contribution in [0.4, 0.5) is 0 Å². The molecule has 11 N–H and O–H groups in total. The topological polar surface area (TPSA) is 255 Å². The number of hydrogen-bond donors (Lipinski definition) is 9. The zero-order chi connectivity index (χ0) is 33.4. The summed E-state index contributed by atoms with van der Waals surface area (Å²) in [5.41, 5.74) is 11.4. The van der Waals surface area contributed by atoms with Gasteiger partial charge in [-0.3, -0.25) is 24.0 Å². The van der Waals surface area contributed by atoms with Crippen LogP contribution < -0.4 is 38.1 Å². The number of carbonyl (C=O) groups is 6. The molecule has 0 saturated heterocycles. The number of aliphatic carboxylic acids is 1. The SMILES string of the molecule is CC[C@H](C)[C@H](NC(=O)[C@H](CCCCN)NC(=O)[C@@H](NC(=O)[C@H](C)NC(=O)[C@@H](N)C(C)C)C(C)C)C(=O)N[C@@H](CO)C(=O)O. The van der Waals surface area contributed by atoms with Crippen LogP contribution in [0.5, 0.6) is 0 Å². The van der Waals surface area contributed by atoms with Crippen molar-refractivity contribution in [1.82, 2.24) is 26.6 Å². The smallest absolute Gasteiger partial charge is 0.328 e. The van der Waals surface area contributed by atoms with Gasteiger partial charge in [0, 0.05) is 0 Å². The minimum atomic E-state index is -1.56. The molecule has 0 aliphatic heterocycles. The van der Waals surface area contributed by atoms with Crippen molar-refractivity contribution >= 4 is 35.5 Å². The lowest BCUT2D eigenvalue weighted by Gasteiger charge is -2.29. The quantitative estimate of drug-likeness (QED) is 0.0703. The molecule has 0 unspecified atom stereocenters. The van der Waals surface area contributed by atoms with Crippen molar-refractivity contribution in [3.63, 3.8) is 0 Å². The van der Waals surface area contributed by atoms with Crippen molar-refractivity contribution in [2.75, 3.05) is 13.2 Å². The molecular weight excluding hydrogens is 562 g/mol. The molecular formula is C28H53N7O8. The lowest BCUT2D eigenvalue weighted by atomic mass is 9.96. The zero-order valence-electron chi connectivity index (χ0n) is 26.4. The number of nitrogens with two attached hydrogens (primary N) is 2. The number of nitrogens with one attached hydrogen (secondary N) is 5. The molecule has 15 nitrogen and oxygen atoms in total. The molecule has 43 heavy (non-hydrogen) atoms. The molecule has 0 radical (unpaired) electrons. The van der Waals surface area contributed by atoms with Gasteiger partial charge in [0.2, 0.25) is 29.5 Å². The molecule has 0 bridgehead atoms. The summed E-state index contributed by atoms with van der Waals surface area (Å²) in [5.74, 6) is -5.65. The van der Waals surface area contributed by atoms with Crippen molar-refractivity contribution in [1.29, 1.82) is 0 Å². The minimum absolute atomic E-state index is 0.147. The van der Waals surface area contributed by atoms with Gasteiger partial charge in [-0.25, -0.2) is 4.79 Å². The number of aliphatic hydroxyl groups excluding tert-OH is 1. The van der Waals surface area contributed by atoms with Crippen molar-refractivity contribution in [2.24, 2.45) is 29.2 Å². The van der Waals surface area contributed by atoms with Crippen molar-refractivity contribution in [3.8, 4) is 0 Å². The molecule has 0 aliphatic carbocycles. The van der Waals surface area contributed by atoms with Gasteiger partial charge in [-0.1, -0.05) is 48.0 Å². The van der Waals surface area contributed by atoms with Gasteiger partial charge < -0.3 is 48.3 Å². The Morgan fingerprint density at radius 2 is 1.21 bits per heavy atom. The van der Waals surface area contributed by atoms with Crippen LogP contribution in [0.3, 0.4) is 0 Å². The summed E-state index contributed by atoms with van der Waals surface area (Å²) < 4.78 is 0. The Balaban J connectivity index is 5.83. The third-order valence-corrected chi connectivity index (χ3v) is 7.19. The maximum atomic E-state index is 13.4. The van der Waals surface area contributed by atoms with Crippen LogP contribution in [0, 0.1) is 17.8 Å². The van der Waals surface area contributed by atoms with Crippen LogP contribution in [0.1, 0.15) is 74.1 Å². The number of unbranched alkanes of at least 4 members (excludes halogenated alkanes) is 1. The van der Waals surface area contributed by atoms with Gasteiger partial charge in [0.15, 0.2) is 0 Å². The fraction of sp³-hybridized carbons (Fsp3) is 0.786. The zero-order valence-corrected chi connectivity index (χ0v) is 26.4. The van der Waals surface area contributed by atoms with Crippen LogP contribution in [0.25, 0.3) is 0 Å². The molecule has 0 heterocycles. The first kappa shape index (κ1) is 39.7. The molecule has 7 atom stereocenters. The van der Waals surface area contributed by atoms with Gasteiger partial charge in [-0.15, -0.1) is 0 Å². The van der Waals surface area contributed by atoms with Gasteiger partial charge in [-0.2, -0.15) is 0 Å². The van der Waals surface area contributed by atoms with Crippen LogP contribution in [-0.4, -0.2) is 95.1 Å². The summed E-state index contributed by atoms with van der Waals surface area (Å²) in [6, 6.07) is -6.68. The average Bonchev–Trinajstić information content (AvgIpc) is 2.94. The van der Waals surface area contributed by atoms with E-state index in [-0.39, 0.29) is 12.3 Å². The third kappa shape index (κ3) is 13.7. The van der Waals surface area contributed by atoms with Crippen LogP contribution >= 0.6 is 0 Å². The van der Waals surface area contributed by atoms with Gasteiger partial charge in [0.25, 0.3) is 0 Å². The number of hydrogen-bond acceptors (Lipinski definition) is 9. The van der Waals surface area contributed by atoms with E-state index < -0.39 is 90.2 Å². The second-order valence-corrected chi connectivity index (χ2v) is 11.5. The van der Waals surface area contributed by atoms with Gasteiger partial charge in [0.05, 0.1) is 12.6 Å². The van der Waals surface area contributed by atoms with E-state index in [1.165, 1.54) is 6.92 Å². The predicted octanol–water partition coefficient (Wildman–Crippen LogP) is -1.68. The summed E-state index contributed by atoms with van der Waals surface area (Å²) in [5, 5.41) is 31.2. The summed E-state index contributed by atoms with van der Waals surface area (Å²) in [6.07, 6.45) is 1.67. The summed E-state index contributed by atoms with van der Waals surface area (Å²) >= 11 is 0. The Labute approximate surface area is 254 Å². The predicted molar refractivity (Wildman–Crippen MR) is 160 cm³/mol. The summed E-state index contributed by atoms with van der Waals surface area (Å²) in [7, 11) is 0. The van der Waals surface area contributed by atoms with E-state index in [0.717, 1.165) is 0 Å². The number of carboxylic acids is 1. The van der Waals surface area contributed by atoms with Gasteiger partial charge >= 0.3 is 5.97 Å². The van der Waals surface area contributed by atoms with Gasteiger partial charge in [-0.05, 0) is 50.5 Å². The Kier molecular flexibility index (Phi) is 18.3. The third-order valence-electron chi connectivity index (χ3n) is 7.19. The van der Waals surface area contributed by atoms with E-state index >= 15 is 0 Å². The first-order chi connectivity index (χ1) is 20.0. The van der Waals surface area contributed by atoms with E-state index in [9.17, 15) is 39.0 Å². The Hall–Kier alpha value is -3.30. The monoisotopic (exact) mass is 615 g/mol. The molecule has 15 heteroatoms. The van der Waals surface area contributed by atoms with E-state index in [4.69, 9.17) is 11.5 Å². The Morgan fingerprint density at radius 3 is 1.67 bits per heavy atom.